The zero-order chi connectivity index (χ0) is 21.7. The number of carboxylic acid groups (broad SMARTS) is 2. The highest BCUT2D eigenvalue weighted by Gasteiger charge is 2.40. The topological polar surface area (TPSA) is 133 Å². The van der Waals surface area contributed by atoms with Gasteiger partial charge in [0.15, 0.2) is 0 Å². The Bertz CT molecular complexity index is 610. The summed E-state index contributed by atoms with van der Waals surface area (Å²) in [5.41, 5.74) is 0. The maximum Gasteiger partial charge on any atom is 0.307 e. The fourth-order valence-corrected chi connectivity index (χ4v) is 5.54. The maximum atomic E-state index is 12.9. The standard InChI is InChI=1S/C22H34N2O6/c25-19(13-7-1-3-9-15(13)21(27)28)23-17-11-5-6-12-18(17)24-20(26)14-8-2-4-10-16(14)22(29)30/h13-18H,1-12H2,(H,23,25)(H,24,26)(H,27,28)(H,29,30)/t13-,14-,15+,16+,17-,18+/m0/s1. The highest BCUT2D eigenvalue weighted by atomic mass is 16.4. The molecule has 3 aliphatic carbocycles. The van der Waals surface area contributed by atoms with E-state index in [4.69, 9.17) is 0 Å². The second-order valence-electron chi connectivity index (χ2n) is 9.19. The van der Waals surface area contributed by atoms with E-state index in [1.165, 1.54) is 0 Å². The Morgan fingerprint density at radius 3 is 1.13 bits per heavy atom. The van der Waals surface area contributed by atoms with Gasteiger partial charge in [-0.2, -0.15) is 0 Å². The van der Waals surface area contributed by atoms with Crippen LogP contribution in [0.1, 0.15) is 77.0 Å². The molecular formula is C22H34N2O6. The van der Waals surface area contributed by atoms with Gasteiger partial charge in [0.05, 0.1) is 23.7 Å². The lowest BCUT2D eigenvalue weighted by Crippen LogP contribution is -2.56. The number of aliphatic carboxylic acids is 2. The second kappa shape index (κ2) is 10.3. The number of carbonyl (C=O) groups is 4. The van der Waals surface area contributed by atoms with Crippen molar-refractivity contribution >= 4 is 23.8 Å². The summed E-state index contributed by atoms with van der Waals surface area (Å²) in [7, 11) is 0. The lowest BCUT2D eigenvalue weighted by molar-refractivity contribution is -0.149. The summed E-state index contributed by atoms with van der Waals surface area (Å²) in [4.78, 5) is 48.9. The van der Waals surface area contributed by atoms with E-state index in [-0.39, 0.29) is 23.9 Å². The average Bonchev–Trinajstić information content (AvgIpc) is 2.75. The first-order chi connectivity index (χ1) is 14.4. The van der Waals surface area contributed by atoms with E-state index in [1.54, 1.807) is 0 Å². The summed E-state index contributed by atoms with van der Waals surface area (Å²) in [6, 6.07) is -0.475. The first kappa shape index (κ1) is 22.6. The van der Waals surface area contributed by atoms with Crippen molar-refractivity contribution in [1.29, 1.82) is 0 Å². The van der Waals surface area contributed by atoms with Crippen LogP contribution in [0.5, 0.6) is 0 Å². The molecule has 6 atom stereocenters. The van der Waals surface area contributed by atoms with Gasteiger partial charge >= 0.3 is 11.9 Å². The van der Waals surface area contributed by atoms with Gasteiger partial charge in [-0.15, -0.1) is 0 Å². The van der Waals surface area contributed by atoms with Crippen LogP contribution in [0.3, 0.4) is 0 Å². The summed E-state index contributed by atoms with van der Waals surface area (Å²) in [5, 5.41) is 25.0. The molecule has 3 saturated carbocycles. The van der Waals surface area contributed by atoms with Crippen molar-refractivity contribution in [2.24, 2.45) is 23.7 Å². The highest BCUT2D eigenvalue weighted by Crippen LogP contribution is 2.32. The van der Waals surface area contributed by atoms with Gasteiger partial charge in [0.1, 0.15) is 0 Å². The summed E-state index contributed by atoms with van der Waals surface area (Å²) in [6.07, 6.45) is 8.90. The molecule has 0 aromatic heterocycles. The van der Waals surface area contributed by atoms with Gasteiger partial charge in [-0.05, 0) is 38.5 Å². The minimum atomic E-state index is -0.916. The van der Waals surface area contributed by atoms with Crippen LogP contribution in [0.2, 0.25) is 0 Å². The van der Waals surface area contributed by atoms with E-state index in [0.29, 0.717) is 25.7 Å². The molecular weight excluding hydrogens is 388 g/mol. The van der Waals surface area contributed by atoms with E-state index >= 15 is 0 Å². The summed E-state index contributed by atoms with van der Waals surface area (Å²) in [5.74, 6) is -4.62. The quantitative estimate of drug-likeness (QED) is 0.519. The minimum Gasteiger partial charge on any atom is -0.481 e. The SMILES string of the molecule is O=C(N[C@H]1CCCC[C@H]1NC(=O)[C@H]1CCCC[C@H]1C(=O)O)[C@H]1CCCC[C@H]1C(=O)O. The first-order valence-corrected chi connectivity index (χ1v) is 11.4. The van der Waals surface area contributed by atoms with Crippen LogP contribution in [0.15, 0.2) is 0 Å². The molecule has 8 heteroatoms. The van der Waals surface area contributed by atoms with Crippen molar-refractivity contribution in [3.05, 3.63) is 0 Å². The number of hydrogen-bond acceptors (Lipinski definition) is 4. The van der Waals surface area contributed by atoms with Crippen molar-refractivity contribution in [2.45, 2.75) is 89.1 Å². The first-order valence-electron chi connectivity index (χ1n) is 11.4. The fourth-order valence-electron chi connectivity index (χ4n) is 5.54. The van der Waals surface area contributed by atoms with Crippen molar-refractivity contribution < 1.29 is 29.4 Å². The largest absolute Gasteiger partial charge is 0.481 e. The van der Waals surface area contributed by atoms with E-state index < -0.39 is 35.6 Å². The molecule has 2 amide bonds. The van der Waals surface area contributed by atoms with Crippen molar-refractivity contribution in [1.82, 2.24) is 10.6 Å². The van der Waals surface area contributed by atoms with Crippen LogP contribution >= 0.6 is 0 Å². The van der Waals surface area contributed by atoms with Gasteiger partial charge in [-0.25, -0.2) is 0 Å². The van der Waals surface area contributed by atoms with Crippen molar-refractivity contribution in [2.75, 3.05) is 0 Å². The Hall–Kier alpha value is -2.12. The van der Waals surface area contributed by atoms with Crippen LogP contribution in [-0.4, -0.2) is 46.0 Å². The predicted molar refractivity (Wildman–Crippen MR) is 108 cm³/mol. The molecule has 0 unspecified atom stereocenters. The molecule has 0 radical (unpaired) electrons. The Morgan fingerprint density at radius 1 is 0.500 bits per heavy atom. The van der Waals surface area contributed by atoms with Crippen LogP contribution in [0.25, 0.3) is 0 Å². The molecule has 4 N–H and O–H groups in total. The molecule has 3 fully saturated rings. The lowest BCUT2D eigenvalue weighted by atomic mass is 9.77. The van der Waals surface area contributed by atoms with Gasteiger partial charge < -0.3 is 20.8 Å². The molecule has 3 aliphatic rings. The molecule has 168 valence electrons. The summed E-state index contributed by atoms with van der Waals surface area (Å²) in [6.45, 7) is 0. The molecule has 0 aliphatic heterocycles. The Balaban J connectivity index is 1.63. The molecule has 30 heavy (non-hydrogen) atoms. The second-order valence-corrected chi connectivity index (χ2v) is 9.19. The van der Waals surface area contributed by atoms with E-state index in [9.17, 15) is 29.4 Å². The van der Waals surface area contributed by atoms with Gasteiger partial charge in [0.25, 0.3) is 0 Å². The minimum absolute atomic E-state index is 0.227. The predicted octanol–water partition coefficient (Wildman–Crippen LogP) is 2.31. The van der Waals surface area contributed by atoms with E-state index in [2.05, 4.69) is 10.6 Å². The molecule has 3 rings (SSSR count). The molecule has 8 nitrogen and oxygen atoms in total. The average molecular weight is 423 g/mol. The third-order valence-electron chi connectivity index (χ3n) is 7.26. The van der Waals surface area contributed by atoms with Gasteiger partial charge in [0.2, 0.25) is 11.8 Å². The zero-order valence-corrected chi connectivity index (χ0v) is 17.5. The molecule has 0 heterocycles. The molecule has 0 spiro atoms. The Morgan fingerprint density at radius 2 is 0.800 bits per heavy atom. The van der Waals surface area contributed by atoms with Gasteiger partial charge in [-0.3, -0.25) is 19.2 Å². The lowest BCUT2D eigenvalue weighted by Gasteiger charge is -2.37. The smallest absolute Gasteiger partial charge is 0.307 e. The molecule has 0 aromatic rings. The number of carboxylic acids is 2. The van der Waals surface area contributed by atoms with E-state index in [1.807, 2.05) is 0 Å². The number of hydrogen-bond donors (Lipinski definition) is 4. The van der Waals surface area contributed by atoms with Gasteiger partial charge in [0, 0.05) is 12.1 Å². The number of rotatable bonds is 6. The van der Waals surface area contributed by atoms with Crippen LogP contribution in [0.4, 0.5) is 0 Å². The maximum absolute atomic E-state index is 12.9. The number of nitrogens with one attached hydrogen (secondary N) is 2. The normalized spacial score (nSPS) is 34.5. The van der Waals surface area contributed by atoms with Crippen LogP contribution < -0.4 is 10.6 Å². The molecule has 0 aromatic carbocycles. The fraction of sp³-hybridized carbons (Fsp3) is 0.818. The number of amides is 2. The van der Waals surface area contributed by atoms with E-state index in [0.717, 1.165) is 51.4 Å². The van der Waals surface area contributed by atoms with Crippen molar-refractivity contribution in [3.8, 4) is 0 Å². The van der Waals surface area contributed by atoms with Crippen LogP contribution in [-0.2, 0) is 19.2 Å². The third kappa shape index (κ3) is 5.32. The monoisotopic (exact) mass is 422 g/mol. The highest BCUT2D eigenvalue weighted by molar-refractivity contribution is 5.86. The molecule has 0 bridgehead atoms. The van der Waals surface area contributed by atoms with Gasteiger partial charge in [-0.1, -0.05) is 38.5 Å². The molecule has 0 saturated heterocycles. The van der Waals surface area contributed by atoms with Crippen LogP contribution in [0, 0.1) is 23.7 Å². The van der Waals surface area contributed by atoms with Crippen molar-refractivity contribution in [3.63, 3.8) is 0 Å². The Labute approximate surface area is 177 Å². The zero-order valence-electron chi connectivity index (χ0n) is 17.5. The number of carbonyl (C=O) groups excluding carboxylic acids is 2. The Kier molecular flexibility index (Phi) is 7.72. The summed E-state index contributed by atoms with van der Waals surface area (Å²) >= 11 is 0. The third-order valence-corrected chi connectivity index (χ3v) is 7.26. The summed E-state index contributed by atoms with van der Waals surface area (Å²) < 4.78 is 0.